The fourth-order valence-corrected chi connectivity index (χ4v) is 3.90. The molecular formula is C19H29F2N3O3. The topological polar surface area (TPSA) is 68.5 Å². The van der Waals surface area contributed by atoms with Gasteiger partial charge in [0.2, 0.25) is 11.8 Å². The van der Waals surface area contributed by atoms with Crippen molar-refractivity contribution in [1.29, 1.82) is 0 Å². The first kappa shape index (κ1) is 20.0. The molecule has 1 aromatic heterocycles. The van der Waals surface area contributed by atoms with Gasteiger partial charge in [-0.25, -0.2) is 13.6 Å². The Morgan fingerprint density at radius 2 is 1.85 bits per heavy atom. The van der Waals surface area contributed by atoms with Gasteiger partial charge in [-0.1, -0.05) is 19.0 Å². The average molecular weight is 385 g/mol. The predicted octanol–water partition coefficient (Wildman–Crippen LogP) is 4.51. The number of halogens is 2. The number of ether oxygens (including phenoxy) is 1. The molecule has 0 unspecified atom stereocenters. The molecule has 0 atom stereocenters. The molecule has 1 aliphatic carbocycles. The van der Waals surface area contributed by atoms with Gasteiger partial charge in [0, 0.05) is 31.8 Å². The van der Waals surface area contributed by atoms with Crippen molar-refractivity contribution in [3.63, 3.8) is 0 Å². The molecule has 152 valence electrons. The van der Waals surface area contributed by atoms with Crippen LogP contribution in [0.25, 0.3) is 0 Å². The van der Waals surface area contributed by atoms with E-state index in [1.807, 2.05) is 20.8 Å². The molecule has 0 bridgehead atoms. The maximum absolute atomic E-state index is 13.1. The number of hydrogen-bond acceptors (Lipinski definition) is 5. The standard InChI is InChI=1S/C19H29F2N3O3/c1-12(2)18(6-8-24(9-7-18)16(25)26-17(3,4)5)15-22-14(23-27-15)13-10-19(20,21)11-13/h12-13H,6-11H2,1-5H3. The zero-order chi connectivity index (χ0) is 20.0. The molecule has 27 heavy (non-hydrogen) atoms. The highest BCUT2D eigenvalue weighted by atomic mass is 19.3. The average Bonchev–Trinajstić information content (AvgIpc) is 3.00. The second-order valence-corrected chi connectivity index (χ2v) is 9.20. The number of carbonyl (C=O) groups is 1. The summed E-state index contributed by atoms with van der Waals surface area (Å²) >= 11 is 0. The van der Waals surface area contributed by atoms with Crippen molar-refractivity contribution in [3.8, 4) is 0 Å². The molecular weight excluding hydrogens is 356 g/mol. The van der Waals surface area contributed by atoms with Crippen molar-refractivity contribution in [3.05, 3.63) is 11.7 Å². The summed E-state index contributed by atoms with van der Waals surface area (Å²) in [6, 6.07) is 0. The molecule has 0 aromatic carbocycles. The number of nitrogens with zero attached hydrogens (tertiary/aromatic N) is 3. The quantitative estimate of drug-likeness (QED) is 0.766. The second-order valence-electron chi connectivity index (χ2n) is 9.20. The number of alkyl halides is 2. The number of aromatic nitrogens is 2. The van der Waals surface area contributed by atoms with Crippen molar-refractivity contribution in [2.75, 3.05) is 13.1 Å². The molecule has 0 N–H and O–H groups in total. The number of carbonyl (C=O) groups excluding carboxylic acids is 1. The van der Waals surface area contributed by atoms with Gasteiger partial charge in [-0.3, -0.25) is 0 Å². The van der Waals surface area contributed by atoms with Gasteiger partial charge >= 0.3 is 6.09 Å². The van der Waals surface area contributed by atoms with Crippen LogP contribution < -0.4 is 0 Å². The lowest BCUT2D eigenvalue weighted by atomic mass is 9.70. The zero-order valence-electron chi connectivity index (χ0n) is 16.7. The third kappa shape index (κ3) is 4.09. The highest BCUT2D eigenvalue weighted by molar-refractivity contribution is 5.68. The van der Waals surface area contributed by atoms with E-state index in [0.717, 1.165) is 0 Å². The number of amides is 1. The third-order valence-electron chi connectivity index (χ3n) is 5.74. The van der Waals surface area contributed by atoms with E-state index in [1.54, 1.807) is 4.90 Å². The molecule has 8 heteroatoms. The molecule has 1 amide bonds. The van der Waals surface area contributed by atoms with E-state index in [9.17, 15) is 13.6 Å². The molecule has 0 radical (unpaired) electrons. The summed E-state index contributed by atoms with van der Waals surface area (Å²) in [7, 11) is 0. The molecule has 0 spiro atoms. The van der Waals surface area contributed by atoms with Crippen LogP contribution in [0.15, 0.2) is 4.52 Å². The van der Waals surface area contributed by atoms with Crippen molar-refractivity contribution in [2.45, 2.75) is 83.2 Å². The van der Waals surface area contributed by atoms with Crippen molar-refractivity contribution in [1.82, 2.24) is 15.0 Å². The van der Waals surface area contributed by atoms with E-state index in [-0.39, 0.29) is 36.2 Å². The number of piperidine rings is 1. The third-order valence-corrected chi connectivity index (χ3v) is 5.74. The van der Waals surface area contributed by atoms with Crippen LogP contribution >= 0.6 is 0 Å². The Balaban J connectivity index is 1.70. The van der Waals surface area contributed by atoms with Crippen molar-refractivity contribution >= 4 is 6.09 Å². The summed E-state index contributed by atoms with van der Waals surface area (Å²) in [4.78, 5) is 18.5. The lowest BCUT2D eigenvalue weighted by molar-refractivity contribution is -0.0888. The van der Waals surface area contributed by atoms with Crippen LogP contribution in [0.1, 0.15) is 77.9 Å². The van der Waals surface area contributed by atoms with Gasteiger partial charge in [-0.05, 0) is 39.5 Å². The predicted molar refractivity (Wildman–Crippen MR) is 94.8 cm³/mol. The molecule has 2 aliphatic rings. The highest BCUT2D eigenvalue weighted by Gasteiger charge is 2.50. The Morgan fingerprint density at radius 1 is 1.26 bits per heavy atom. The Bertz CT molecular complexity index is 681. The molecule has 6 nitrogen and oxygen atoms in total. The molecule has 1 aromatic rings. The Hall–Kier alpha value is -1.73. The first-order valence-corrected chi connectivity index (χ1v) is 9.62. The fraction of sp³-hybridized carbons (Fsp3) is 0.842. The van der Waals surface area contributed by atoms with Crippen LogP contribution in [-0.4, -0.2) is 45.7 Å². The fourth-order valence-electron chi connectivity index (χ4n) is 3.90. The lowest BCUT2D eigenvalue weighted by Gasteiger charge is -2.42. The summed E-state index contributed by atoms with van der Waals surface area (Å²) in [5.41, 5.74) is -0.883. The minimum absolute atomic E-state index is 0.215. The number of rotatable bonds is 3. The van der Waals surface area contributed by atoms with Gasteiger partial charge in [-0.15, -0.1) is 0 Å². The summed E-state index contributed by atoms with van der Waals surface area (Å²) in [6.07, 6.45) is 0.599. The van der Waals surface area contributed by atoms with Gasteiger partial charge in [-0.2, -0.15) is 4.98 Å². The summed E-state index contributed by atoms with van der Waals surface area (Å²) in [5, 5.41) is 3.98. The monoisotopic (exact) mass is 385 g/mol. The Labute approximate surface area is 158 Å². The zero-order valence-corrected chi connectivity index (χ0v) is 16.7. The van der Waals surface area contributed by atoms with Gasteiger partial charge in [0.05, 0.1) is 5.41 Å². The molecule has 2 heterocycles. The Morgan fingerprint density at radius 3 is 2.33 bits per heavy atom. The van der Waals surface area contributed by atoms with E-state index in [1.165, 1.54) is 0 Å². The van der Waals surface area contributed by atoms with E-state index < -0.39 is 11.5 Å². The highest BCUT2D eigenvalue weighted by Crippen LogP contribution is 2.48. The van der Waals surface area contributed by atoms with E-state index in [0.29, 0.717) is 37.6 Å². The summed E-state index contributed by atoms with van der Waals surface area (Å²) in [6.45, 7) is 10.8. The van der Waals surface area contributed by atoms with Gasteiger partial charge < -0.3 is 14.2 Å². The van der Waals surface area contributed by atoms with Crippen molar-refractivity contribution < 1.29 is 22.8 Å². The van der Waals surface area contributed by atoms with Crippen LogP contribution in [0.4, 0.5) is 13.6 Å². The maximum Gasteiger partial charge on any atom is 0.410 e. The first-order valence-electron chi connectivity index (χ1n) is 9.62. The number of hydrogen-bond donors (Lipinski definition) is 0. The minimum Gasteiger partial charge on any atom is -0.444 e. The van der Waals surface area contributed by atoms with Crippen LogP contribution in [0, 0.1) is 5.92 Å². The van der Waals surface area contributed by atoms with Gasteiger partial charge in [0.1, 0.15) is 5.60 Å². The lowest BCUT2D eigenvalue weighted by Crippen LogP contribution is -2.49. The molecule has 1 saturated carbocycles. The van der Waals surface area contributed by atoms with E-state index in [4.69, 9.17) is 9.26 Å². The maximum atomic E-state index is 13.1. The van der Waals surface area contributed by atoms with Crippen LogP contribution in [0.5, 0.6) is 0 Å². The second kappa shape index (κ2) is 6.71. The molecule has 1 saturated heterocycles. The van der Waals surface area contributed by atoms with E-state index >= 15 is 0 Å². The van der Waals surface area contributed by atoms with E-state index in [2.05, 4.69) is 24.0 Å². The van der Waals surface area contributed by atoms with Crippen LogP contribution in [-0.2, 0) is 10.2 Å². The van der Waals surface area contributed by atoms with Crippen LogP contribution in [0.3, 0.4) is 0 Å². The normalized spacial score (nSPS) is 22.6. The SMILES string of the molecule is CC(C)C1(c2nc(C3CC(F)(F)C3)no2)CCN(C(=O)OC(C)(C)C)CC1. The minimum atomic E-state index is -2.61. The van der Waals surface area contributed by atoms with Crippen LogP contribution in [0.2, 0.25) is 0 Å². The molecule has 1 aliphatic heterocycles. The summed E-state index contributed by atoms with van der Waals surface area (Å²) < 4.78 is 37.3. The summed E-state index contributed by atoms with van der Waals surface area (Å²) in [5.74, 6) is -1.84. The van der Waals surface area contributed by atoms with Gasteiger partial charge in [0.25, 0.3) is 0 Å². The van der Waals surface area contributed by atoms with Gasteiger partial charge in [0.15, 0.2) is 5.82 Å². The van der Waals surface area contributed by atoms with Crippen molar-refractivity contribution in [2.24, 2.45) is 5.92 Å². The Kier molecular flexibility index (Phi) is 4.97. The first-order chi connectivity index (χ1) is 12.4. The molecule has 2 fully saturated rings. The smallest absolute Gasteiger partial charge is 0.410 e. The largest absolute Gasteiger partial charge is 0.444 e. The molecule has 3 rings (SSSR count). The number of likely N-dealkylation sites (tertiary alicyclic amines) is 1.